The molecule has 1 aliphatic rings. The smallest absolute Gasteiger partial charge is 0.231 e. The topological polar surface area (TPSA) is 39.2 Å². The lowest BCUT2D eigenvalue weighted by atomic mass is 10.2. The van der Waals surface area contributed by atoms with Gasteiger partial charge in [-0.3, -0.25) is 0 Å². The predicted octanol–water partition coefficient (Wildman–Crippen LogP) is 3.99. The summed E-state index contributed by atoms with van der Waals surface area (Å²) < 4.78 is 13.5. The second kappa shape index (κ2) is 5.35. The quantitative estimate of drug-likeness (QED) is 0.744. The molecule has 1 aromatic heterocycles. The maximum absolute atomic E-state index is 5.42. The molecule has 0 bridgehead atoms. The number of imidazole rings is 1. The number of aromatic nitrogens is 2. The van der Waals surface area contributed by atoms with Crippen LogP contribution in [0.1, 0.15) is 5.56 Å². The molecule has 0 fully saturated rings. The van der Waals surface area contributed by atoms with Crippen molar-refractivity contribution < 1.29 is 9.47 Å². The Bertz CT molecular complexity index is 868. The predicted molar refractivity (Wildman–Crippen MR) is 86.7 cm³/mol. The first-order valence-corrected chi connectivity index (χ1v) is 7.44. The Hall–Kier alpha value is -2.53. The molecule has 2 aromatic carbocycles. The number of ether oxygens (including phenoxy) is 2. The van der Waals surface area contributed by atoms with Gasteiger partial charge in [0.05, 0.1) is 5.69 Å². The second-order valence-corrected chi connectivity index (χ2v) is 5.54. The van der Waals surface area contributed by atoms with E-state index in [9.17, 15) is 0 Å². The van der Waals surface area contributed by atoms with Gasteiger partial charge in [-0.15, -0.1) is 0 Å². The Morgan fingerprint density at radius 3 is 2.73 bits per heavy atom. The molecule has 0 spiro atoms. The van der Waals surface area contributed by atoms with Gasteiger partial charge in [-0.1, -0.05) is 36.4 Å². The van der Waals surface area contributed by atoms with Crippen molar-refractivity contribution in [2.24, 2.45) is 0 Å². The van der Waals surface area contributed by atoms with Crippen LogP contribution in [0.2, 0.25) is 0 Å². The summed E-state index contributed by atoms with van der Waals surface area (Å²) in [7, 11) is 0. The molecular formula is C17H14N2O2S. The number of nitrogens with one attached hydrogen (secondary N) is 1. The first-order chi connectivity index (χ1) is 10.8. The molecule has 110 valence electrons. The summed E-state index contributed by atoms with van der Waals surface area (Å²) in [5.41, 5.74) is 3.27. The van der Waals surface area contributed by atoms with Crippen molar-refractivity contribution in [2.45, 2.75) is 6.54 Å². The van der Waals surface area contributed by atoms with Crippen molar-refractivity contribution in [2.75, 3.05) is 6.79 Å². The number of aromatic amines is 1. The molecule has 0 saturated carbocycles. The SMILES string of the molecule is S=c1[nH]c(-c2ccccc2)cn1Cc1ccc2c(c1)OCO2. The molecule has 1 N–H and O–H groups in total. The number of benzene rings is 2. The highest BCUT2D eigenvalue weighted by Crippen LogP contribution is 2.32. The zero-order chi connectivity index (χ0) is 14.9. The fraction of sp³-hybridized carbons (Fsp3) is 0.118. The maximum atomic E-state index is 5.42. The number of hydrogen-bond acceptors (Lipinski definition) is 3. The van der Waals surface area contributed by atoms with Crippen LogP contribution in [0.5, 0.6) is 11.5 Å². The Morgan fingerprint density at radius 1 is 1.05 bits per heavy atom. The summed E-state index contributed by atoms with van der Waals surface area (Å²) >= 11 is 5.42. The molecule has 4 nitrogen and oxygen atoms in total. The zero-order valence-electron chi connectivity index (χ0n) is 11.8. The summed E-state index contributed by atoms with van der Waals surface area (Å²) in [6.45, 7) is 0.985. The van der Waals surface area contributed by atoms with Gasteiger partial charge >= 0.3 is 0 Å². The van der Waals surface area contributed by atoms with E-state index in [1.54, 1.807) is 0 Å². The van der Waals surface area contributed by atoms with Crippen molar-refractivity contribution in [3.8, 4) is 22.8 Å². The summed E-state index contributed by atoms with van der Waals surface area (Å²) in [5, 5.41) is 0. The number of nitrogens with zero attached hydrogens (tertiary/aromatic N) is 1. The Labute approximate surface area is 132 Å². The first-order valence-electron chi connectivity index (χ1n) is 7.03. The number of hydrogen-bond donors (Lipinski definition) is 1. The van der Waals surface area contributed by atoms with Crippen LogP contribution < -0.4 is 9.47 Å². The van der Waals surface area contributed by atoms with E-state index >= 15 is 0 Å². The number of rotatable bonds is 3. The maximum Gasteiger partial charge on any atom is 0.231 e. The van der Waals surface area contributed by atoms with Gasteiger partial charge in [-0.25, -0.2) is 0 Å². The van der Waals surface area contributed by atoms with Crippen LogP contribution in [0.3, 0.4) is 0 Å². The van der Waals surface area contributed by atoms with E-state index in [1.165, 1.54) is 0 Å². The summed E-state index contributed by atoms with van der Waals surface area (Å²) in [5.74, 6) is 1.59. The van der Waals surface area contributed by atoms with E-state index in [2.05, 4.69) is 17.1 Å². The van der Waals surface area contributed by atoms with Crippen molar-refractivity contribution in [3.05, 3.63) is 65.1 Å². The fourth-order valence-electron chi connectivity index (χ4n) is 2.55. The molecule has 5 heteroatoms. The van der Waals surface area contributed by atoms with Crippen LogP contribution in [-0.2, 0) is 6.54 Å². The summed E-state index contributed by atoms with van der Waals surface area (Å²) in [4.78, 5) is 3.26. The van der Waals surface area contributed by atoms with E-state index in [4.69, 9.17) is 21.7 Å². The minimum atomic E-state index is 0.292. The molecule has 4 rings (SSSR count). The van der Waals surface area contributed by atoms with E-state index in [1.807, 2.05) is 47.2 Å². The van der Waals surface area contributed by atoms with Crippen LogP contribution in [0.4, 0.5) is 0 Å². The second-order valence-electron chi connectivity index (χ2n) is 5.15. The minimum Gasteiger partial charge on any atom is -0.454 e. The Balaban J connectivity index is 1.64. The van der Waals surface area contributed by atoms with E-state index < -0.39 is 0 Å². The molecule has 2 heterocycles. The van der Waals surface area contributed by atoms with Crippen molar-refractivity contribution in [1.82, 2.24) is 9.55 Å². The van der Waals surface area contributed by atoms with Gasteiger partial charge in [0.2, 0.25) is 6.79 Å². The van der Waals surface area contributed by atoms with Gasteiger partial charge in [-0.2, -0.15) is 0 Å². The fourth-order valence-corrected chi connectivity index (χ4v) is 2.78. The normalized spacial score (nSPS) is 12.5. The van der Waals surface area contributed by atoms with E-state index in [0.29, 0.717) is 18.1 Å². The molecule has 0 amide bonds. The number of fused-ring (bicyclic) bond motifs is 1. The lowest BCUT2D eigenvalue weighted by molar-refractivity contribution is 0.174. The standard InChI is InChI=1S/C17H14N2O2S/c22-17-18-14(13-4-2-1-3-5-13)10-19(17)9-12-6-7-15-16(8-12)21-11-20-15/h1-8,10H,9,11H2,(H,18,22). The van der Waals surface area contributed by atoms with Gasteiger partial charge in [-0.05, 0) is 35.5 Å². The van der Waals surface area contributed by atoms with Crippen molar-refractivity contribution >= 4 is 12.2 Å². The molecule has 0 unspecified atom stereocenters. The van der Waals surface area contributed by atoms with E-state index in [0.717, 1.165) is 28.3 Å². The highest BCUT2D eigenvalue weighted by molar-refractivity contribution is 7.71. The van der Waals surface area contributed by atoms with Crippen LogP contribution in [0, 0.1) is 4.77 Å². The lowest BCUT2D eigenvalue weighted by Crippen LogP contribution is -1.98. The highest BCUT2D eigenvalue weighted by atomic mass is 32.1. The van der Waals surface area contributed by atoms with Crippen molar-refractivity contribution in [1.29, 1.82) is 0 Å². The molecule has 3 aromatic rings. The monoisotopic (exact) mass is 310 g/mol. The number of H-pyrrole nitrogens is 1. The van der Waals surface area contributed by atoms with Crippen molar-refractivity contribution in [3.63, 3.8) is 0 Å². The molecule has 0 aliphatic carbocycles. The minimum absolute atomic E-state index is 0.292. The Morgan fingerprint density at radius 2 is 1.86 bits per heavy atom. The van der Waals surface area contributed by atoms with Gasteiger partial charge in [0, 0.05) is 12.7 Å². The van der Waals surface area contributed by atoms with Gasteiger partial charge in [0.1, 0.15) is 0 Å². The Kier molecular flexibility index (Phi) is 3.20. The third kappa shape index (κ3) is 2.40. The molecule has 22 heavy (non-hydrogen) atoms. The van der Waals surface area contributed by atoms with Gasteiger partial charge in [0.25, 0.3) is 0 Å². The lowest BCUT2D eigenvalue weighted by Gasteiger charge is -2.04. The van der Waals surface area contributed by atoms with E-state index in [-0.39, 0.29) is 0 Å². The molecule has 1 aliphatic heterocycles. The van der Waals surface area contributed by atoms with Gasteiger partial charge in [0.15, 0.2) is 16.3 Å². The van der Waals surface area contributed by atoms with Crippen LogP contribution in [0.25, 0.3) is 11.3 Å². The molecule has 0 saturated heterocycles. The van der Waals surface area contributed by atoms with Crippen LogP contribution >= 0.6 is 12.2 Å². The highest BCUT2D eigenvalue weighted by Gasteiger charge is 2.13. The average molecular weight is 310 g/mol. The molecule has 0 radical (unpaired) electrons. The zero-order valence-corrected chi connectivity index (χ0v) is 12.6. The third-order valence-corrected chi connectivity index (χ3v) is 4.00. The first kappa shape index (κ1) is 13.2. The van der Waals surface area contributed by atoms with Gasteiger partial charge < -0.3 is 19.0 Å². The summed E-state index contributed by atoms with van der Waals surface area (Å²) in [6, 6.07) is 16.1. The van der Waals surface area contributed by atoms with Crippen LogP contribution in [0.15, 0.2) is 54.7 Å². The molecular weight excluding hydrogens is 296 g/mol. The van der Waals surface area contributed by atoms with Crippen LogP contribution in [-0.4, -0.2) is 16.3 Å². The molecule has 0 atom stereocenters. The average Bonchev–Trinajstić information content (AvgIpc) is 3.15. The summed E-state index contributed by atoms with van der Waals surface area (Å²) in [6.07, 6.45) is 2.04. The largest absolute Gasteiger partial charge is 0.454 e. The third-order valence-electron chi connectivity index (χ3n) is 3.66.